The molecule has 3 aliphatic rings. The molecule has 1 unspecified atom stereocenters. The number of rotatable bonds is 8. The van der Waals surface area contributed by atoms with Crippen molar-refractivity contribution < 1.29 is 18.3 Å². The quantitative estimate of drug-likeness (QED) is 0.746. The average molecular weight is 326 g/mol. The van der Waals surface area contributed by atoms with Gasteiger partial charge in [-0.3, -0.25) is 4.79 Å². The van der Waals surface area contributed by atoms with Crippen LogP contribution < -0.4 is 5.73 Å². The van der Waals surface area contributed by atoms with Gasteiger partial charge in [0.15, 0.2) is 0 Å². The first-order chi connectivity index (χ1) is 10.9. The van der Waals surface area contributed by atoms with Crippen LogP contribution in [0, 0.1) is 11.8 Å². The normalized spacial score (nSPS) is 24.1. The number of primary amides is 1. The fourth-order valence-corrected chi connectivity index (χ4v) is 3.47. The van der Waals surface area contributed by atoms with Gasteiger partial charge in [0.05, 0.1) is 0 Å². The highest BCUT2D eigenvalue weighted by atomic mass is 19.3. The van der Waals surface area contributed by atoms with Crippen LogP contribution in [0.5, 0.6) is 0 Å². The lowest BCUT2D eigenvalue weighted by atomic mass is 9.88. The van der Waals surface area contributed by atoms with Gasteiger partial charge in [0.2, 0.25) is 5.91 Å². The molecule has 0 aromatic carbocycles. The number of carbonyl (C=O) groups excluding carboxylic acids is 1. The molecule has 6 heteroatoms. The van der Waals surface area contributed by atoms with Crippen LogP contribution >= 0.6 is 0 Å². The summed E-state index contributed by atoms with van der Waals surface area (Å²) in [6.45, 7) is 2.07. The lowest BCUT2D eigenvalue weighted by Gasteiger charge is -2.42. The van der Waals surface area contributed by atoms with Crippen LogP contribution in [0.25, 0.3) is 0 Å². The number of nitrogens with zero attached hydrogens (tertiary/aromatic N) is 1. The minimum Gasteiger partial charge on any atom is -0.488 e. The second-order valence-electron chi connectivity index (χ2n) is 7.06. The highest BCUT2D eigenvalue weighted by Crippen LogP contribution is 2.48. The van der Waals surface area contributed by atoms with Gasteiger partial charge in [-0.1, -0.05) is 0 Å². The number of halogens is 2. The van der Waals surface area contributed by atoms with E-state index < -0.39 is 13.0 Å². The molecule has 0 aromatic heterocycles. The number of ether oxygens (including phenoxy) is 1. The van der Waals surface area contributed by atoms with E-state index in [9.17, 15) is 13.6 Å². The molecule has 1 atom stereocenters. The van der Waals surface area contributed by atoms with Crippen molar-refractivity contribution in [3.63, 3.8) is 0 Å². The van der Waals surface area contributed by atoms with Crippen LogP contribution in [0.1, 0.15) is 39.0 Å². The van der Waals surface area contributed by atoms with E-state index in [-0.39, 0.29) is 11.4 Å². The Kier molecular flexibility index (Phi) is 4.34. The minimum atomic E-state index is -2.47. The number of hydrogen-bond donors (Lipinski definition) is 1. The first-order valence-corrected chi connectivity index (χ1v) is 8.28. The third kappa shape index (κ3) is 3.67. The van der Waals surface area contributed by atoms with Crippen molar-refractivity contribution in [1.82, 2.24) is 4.90 Å². The Labute approximate surface area is 135 Å². The van der Waals surface area contributed by atoms with E-state index in [2.05, 4.69) is 11.8 Å². The Morgan fingerprint density at radius 2 is 2.13 bits per heavy atom. The van der Waals surface area contributed by atoms with Gasteiger partial charge in [-0.05, 0) is 50.5 Å². The van der Waals surface area contributed by atoms with Crippen molar-refractivity contribution in [2.24, 2.45) is 17.6 Å². The molecule has 0 saturated heterocycles. The molecule has 1 amide bonds. The van der Waals surface area contributed by atoms with Crippen LogP contribution in [-0.2, 0) is 9.53 Å². The Morgan fingerprint density at radius 3 is 2.65 bits per heavy atom. The van der Waals surface area contributed by atoms with Crippen molar-refractivity contribution in [2.75, 3.05) is 13.2 Å². The van der Waals surface area contributed by atoms with Gasteiger partial charge < -0.3 is 15.4 Å². The second kappa shape index (κ2) is 6.13. The molecule has 23 heavy (non-hydrogen) atoms. The number of allylic oxidation sites excluding steroid dienone is 1. The summed E-state index contributed by atoms with van der Waals surface area (Å²) >= 11 is 0. The number of hydrogen-bond acceptors (Lipinski definition) is 3. The molecule has 0 bridgehead atoms. The smallest absolute Gasteiger partial charge is 0.272 e. The Hall–Kier alpha value is -1.59. The van der Waals surface area contributed by atoms with Gasteiger partial charge in [-0.25, -0.2) is 8.78 Å². The fourth-order valence-electron chi connectivity index (χ4n) is 3.47. The van der Waals surface area contributed by atoms with Crippen molar-refractivity contribution in [1.29, 1.82) is 0 Å². The monoisotopic (exact) mass is 326 g/mol. The summed E-state index contributed by atoms with van der Waals surface area (Å²) in [5, 5.41) is 0. The summed E-state index contributed by atoms with van der Waals surface area (Å²) in [5.41, 5.74) is 6.15. The van der Waals surface area contributed by atoms with Crippen LogP contribution in [-0.4, -0.2) is 35.9 Å². The first kappa shape index (κ1) is 16.3. The van der Waals surface area contributed by atoms with E-state index in [1.54, 1.807) is 0 Å². The Bertz CT molecular complexity index is 539. The summed E-state index contributed by atoms with van der Waals surface area (Å²) in [6.07, 6.45) is 6.07. The summed E-state index contributed by atoms with van der Waals surface area (Å²) in [7, 11) is 0. The molecule has 3 rings (SSSR count). The first-order valence-electron chi connectivity index (χ1n) is 8.28. The third-order valence-electron chi connectivity index (χ3n) is 5.08. The van der Waals surface area contributed by atoms with Gasteiger partial charge in [0, 0.05) is 30.3 Å². The van der Waals surface area contributed by atoms with Gasteiger partial charge in [0.1, 0.15) is 12.4 Å². The van der Waals surface area contributed by atoms with Crippen LogP contribution in [0.3, 0.4) is 0 Å². The maximum absolute atomic E-state index is 12.4. The van der Waals surface area contributed by atoms with Crippen LogP contribution in [0.4, 0.5) is 8.78 Å². The molecule has 1 aliphatic heterocycles. The molecule has 4 nitrogen and oxygen atoms in total. The van der Waals surface area contributed by atoms with E-state index in [1.165, 1.54) is 0 Å². The summed E-state index contributed by atoms with van der Waals surface area (Å²) in [5.74, 6) is 1.13. The maximum atomic E-state index is 12.4. The average Bonchev–Trinajstić information content (AvgIpc) is 3.37. The number of alkyl halides is 2. The van der Waals surface area contributed by atoms with Gasteiger partial charge in [-0.2, -0.15) is 0 Å². The molecule has 2 N–H and O–H groups in total. The second-order valence-corrected chi connectivity index (χ2v) is 7.06. The van der Waals surface area contributed by atoms with Crippen molar-refractivity contribution in [3.8, 4) is 0 Å². The largest absolute Gasteiger partial charge is 0.488 e. The van der Waals surface area contributed by atoms with Gasteiger partial charge in [0.25, 0.3) is 6.43 Å². The topological polar surface area (TPSA) is 55.6 Å². The fraction of sp³-hybridized carbons (Fsp3) is 0.706. The number of amides is 1. The molecule has 1 heterocycles. The molecular weight excluding hydrogens is 302 g/mol. The zero-order chi connectivity index (χ0) is 16.6. The summed E-state index contributed by atoms with van der Waals surface area (Å²) < 4.78 is 30.1. The van der Waals surface area contributed by atoms with E-state index in [0.29, 0.717) is 30.6 Å². The highest BCUT2D eigenvalue weighted by molar-refractivity contribution is 5.75. The molecule has 0 aromatic rings. The summed E-state index contributed by atoms with van der Waals surface area (Å²) in [6, 6.07) is 0. The lowest BCUT2D eigenvalue weighted by Crippen LogP contribution is -2.49. The van der Waals surface area contributed by atoms with Crippen LogP contribution in [0.2, 0.25) is 0 Å². The van der Waals surface area contributed by atoms with Crippen LogP contribution in [0.15, 0.2) is 23.6 Å². The Morgan fingerprint density at radius 1 is 1.43 bits per heavy atom. The zero-order valence-electron chi connectivity index (χ0n) is 13.4. The highest BCUT2D eigenvalue weighted by Gasteiger charge is 2.47. The molecule has 128 valence electrons. The predicted molar refractivity (Wildman–Crippen MR) is 82.5 cm³/mol. The molecular formula is C17H24F2N2O2. The van der Waals surface area contributed by atoms with Gasteiger partial charge in [-0.15, -0.1) is 0 Å². The predicted octanol–water partition coefficient (Wildman–Crippen LogP) is 2.81. The Balaban J connectivity index is 1.78. The SMILES string of the molecule is CC(CC(N)=O)(C1CC1)N1C=C(C2CC2)C(OCC(F)F)=CC1. The van der Waals surface area contributed by atoms with Gasteiger partial charge >= 0.3 is 0 Å². The molecule has 2 aliphatic carbocycles. The third-order valence-corrected chi connectivity index (χ3v) is 5.08. The standard InChI is InChI=1S/C17H24F2N2O2/c1-17(8-16(20)22,12-4-5-12)21-7-6-14(23-10-15(18)19)13(9-21)11-2-3-11/h6,9,11-12,15H,2-5,7-8,10H2,1H3,(H2,20,22). The molecule has 0 radical (unpaired) electrons. The maximum Gasteiger partial charge on any atom is 0.272 e. The van der Waals surface area contributed by atoms with E-state index in [0.717, 1.165) is 31.3 Å². The molecule has 2 fully saturated rings. The zero-order valence-corrected chi connectivity index (χ0v) is 13.4. The van der Waals surface area contributed by atoms with E-state index in [4.69, 9.17) is 10.5 Å². The van der Waals surface area contributed by atoms with Crippen molar-refractivity contribution in [2.45, 2.75) is 51.0 Å². The number of carbonyl (C=O) groups is 1. The summed E-state index contributed by atoms with van der Waals surface area (Å²) in [4.78, 5) is 13.7. The molecule has 0 spiro atoms. The van der Waals surface area contributed by atoms with Crippen molar-refractivity contribution in [3.05, 3.63) is 23.6 Å². The minimum absolute atomic E-state index is 0.295. The lowest BCUT2D eigenvalue weighted by molar-refractivity contribution is -0.120. The van der Waals surface area contributed by atoms with Crippen molar-refractivity contribution >= 4 is 5.91 Å². The van der Waals surface area contributed by atoms with E-state index >= 15 is 0 Å². The molecule has 2 saturated carbocycles. The van der Waals surface area contributed by atoms with E-state index in [1.807, 2.05) is 12.3 Å². The number of nitrogens with two attached hydrogens (primary N) is 1.